The Kier molecular flexibility index (Phi) is 8.15. The van der Waals surface area contributed by atoms with Crippen LogP contribution in [0.15, 0.2) is 0 Å². The fraction of sp³-hybridized carbons (Fsp3) is 0.909. The molecule has 1 aliphatic heterocycles. The molecule has 5 heteroatoms. The molecule has 0 aliphatic carbocycles. The normalized spacial score (nSPS) is 19.9. The number of hydrogen-bond acceptors (Lipinski definition) is 4. The second kappa shape index (κ2) is 9.19. The minimum absolute atomic E-state index is 0.198. The van der Waals surface area contributed by atoms with E-state index < -0.39 is 0 Å². The second-order valence-electron chi connectivity index (χ2n) is 4.03. The molecule has 1 aliphatic rings. The molecule has 94 valence electrons. The Bertz CT molecular complexity index is 196. The van der Waals surface area contributed by atoms with Crippen LogP contribution in [0.25, 0.3) is 0 Å². The molecule has 0 aromatic carbocycles. The lowest BCUT2D eigenvalue weighted by molar-refractivity contribution is -0.121. The summed E-state index contributed by atoms with van der Waals surface area (Å²) in [6.07, 6.45) is 5.55. The fourth-order valence-electron chi connectivity index (χ4n) is 1.64. The molecular weight excluding hydrogens is 240 g/mol. The molecule has 3 nitrogen and oxygen atoms in total. The van der Waals surface area contributed by atoms with E-state index in [1.54, 1.807) is 0 Å². The van der Waals surface area contributed by atoms with Crippen LogP contribution in [0.5, 0.6) is 0 Å². The summed E-state index contributed by atoms with van der Waals surface area (Å²) in [5.41, 5.74) is 0. The molecule has 0 saturated carbocycles. The van der Waals surface area contributed by atoms with Gasteiger partial charge in [0.15, 0.2) is 0 Å². The lowest BCUT2D eigenvalue weighted by atomic mass is 10.1. The van der Waals surface area contributed by atoms with Crippen molar-refractivity contribution in [3.8, 4) is 0 Å². The molecule has 1 unspecified atom stereocenters. The standard InChI is InChI=1S/C11H22N2OS2/c1-12-7-8-13-11(14)5-3-2-4-10-6-9-15-16-10/h10,12H,2-9H2,1H3,(H,13,14). The van der Waals surface area contributed by atoms with Gasteiger partial charge in [-0.3, -0.25) is 4.79 Å². The first-order valence-corrected chi connectivity index (χ1v) is 8.40. The molecule has 16 heavy (non-hydrogen) atoms. The summed E-state index contributed by atoms with van der Waals surface area (Å²) in [7, 11) is 5.91. The maximum Gasteiger partial charge on any atom is 0.220 e. The Morgan fingerprint density at radius 2 is 2.25 bits per heavy atom. The van der Waals surface area contributed by atoms with Crippen molar-refractivity contribution in [2.24, 2.45) is 0 Å². The van der Waals surface area contributed by atoms with E-state index in [1.807, 2.05) is 28.6 Å². The van der Waals surface area contributed by atoms with Gasteiger partial charge in [-0.1, -0.05) is 28.0 Å². The smallest absolute Gasteiger partial charge is 0.220 e. The highest BCUT2D eigenvalue weighted by Crippen LogP contribution is 2.39. The van der Waals surface area contributed by atoms with Crippen molar-refractivity contribution in [2.45, 2.75) is 37.4 Å². The summed E-state index contributed by atoms with van der Waals surface area (Å²) in [6, 6.07) is 0. The quantitative estimate of drug-likeness (QED) is 0.519. The lowest BCUT2D eigenvalue weighted by Crippen LogP contribution is -2.30. The van der Waals surface area contributed by atoms with Crippen molar-refractivity contribution in [2.75, 3.05) is 25.9 Å². The van der Waals surface area contributed by atoms with E-state index in [-0.39, 0.29) is 5.91 Å². The highest BCUT2D eigenvalue weighted by atomic mass is 33.1. The monoisotopic (exact) mass is 262 g/mol. The van der Waals surface area contributed by atoms with E-state index in [4.69, 9.17) is 0 Å². The number of carbonyl (C=O) groups is 1. The summed E-state index contributed by atoms with van der Waals surface area (Å²) in [6.45, 7) is 1.59. The van der Waals surface area contributed by atoms with Gasteiger partial charge in [-0.2, -0.15) is 0 Å². The van der Waals surface area contributed by atoms with E-state index >= 15 is 0 Å². The maximum atomic E-state index is 11.4. The topological polar surface area (TPSA) is 41.1 Å². The zero-order valence-electron chi connectivity index (χ0n) is 9.96. The average molecular weight is 262 g/mol. The number of nitrogens with one attached hydrogen (secondary N) is 2. The van der Waals surface area contributed by atoms with Crippen molar-refractivity contribution in [1.82, 2.24) is 10.6 Å². The molecule has 0 radical (unpaired) electrons. The first-order chi connectivity index (χ1) is 7.83. The number of hydrogen-bond donors (Lipinski definition) is 2. The molecule has 1 amide bonds. The van der Waals surface area contributed by atoms with Gasteiger partial charge in [-0.15, -0.1) is 0 Å². The highest BCUT2D eigenvalue weighted by Gasteiger charge is 2.15. The molecule has 0 aromatic rings. The van der Waals surface area contributed by atoms with Crippen molar-refractivity contribution < 1.29 is 4.79 Å². The highest BCUT2D eigenvalue weighted by molar-refractivity contribution is 8.77. The SMILES string of the molecule is CNCCNC(=O)CCCCC1CCSS1. The molecule has 1 atom stereocenters. The van der Waals surface area contributed by atoms with Gasteiger partial charge in [0.1, 0.15) is 0 Å². The van der Waals surface area contributed by atoms with Crippen LogP contribution < -0.4 is 10.6 Å². The van der Waals surface area contributed by atoms with Gasteiger partial charge in [-0.25, -0.2) is 0 Å². The zero-order valence-corrected chi connectivity index (χ0v) is 11.6. The van der Waals surface area contributed by atoms with E-state index in [0.29, 0.717) is 6.42 Å². The Morgan fingerprint density at radius 1 is 1.38 bits per heavy atom. The third kappa shape index (κ3) is 6.66. The Labute approximate surface area is 106 Å². The van der Waals surface area contributed by atoms with Crippen LogP contribution in [0.2, 0.25) is 0 Å². The maximum absolute atomic E-state index is 11.4. The van der Waals surface area contributed by atoms with Crippen LogP contribution in [-0.4, -0.2) is 37.0 Å². The van der Waals surface area contributed by atoms with Crippen molar-refractivity contribution in [3.63, 3.8) is 0 Å². The Morgan fingerprint density at radius 3 is 2.94 bits per heavy atom. The fourth-order valence-corrected chi connectivity index (χ4v) is 4.66. The summed E-state index contributed by atoms with van der Waals surface area (Å²) in [5, 5.41) is 6.75. The van der Waals surface area contributed by atoms with E-state index in [2.05, 4.69) is 10.6 Å². The van der Waals surface area contributed by atoms with E-state index in [9.17, 15) is 4.79 Å². The van der Waals surface area contributed by atoms with Gasteiger partial charge < -0.3 is 10.6 Å². The van der Waals surface area contributed by atoms with Crippen LogP contribution in [0, 0.1) is 0 Å². The third-order valence-electron chi connectivity index (χ3n) is 2.60. The van der Waals surface area contributed by atoms with Gasteiger partial charge in [0.05, 0.1) is 0 Å². The van der Waals surface area contributed by atoms with Crippen molar-refractivity contribution >= 4 is 27.5 Å². The summed E-state index contributed by atoms with van der Waals surface area (Å²) in [5.74, 6) is 1.50. The van der Waals surface area contributed by atoms with Gasteiger partial charge in [0.2, 0.25) is 5.91 Å². The lowest BCUT2D eigenvalue weighted by Gasteiger charge is -2.07. The first-order valence-electron chi connectivity index (χ1n) is 6.02. The Hall–Kier alpha value is 0.130. The van der Waals surface area contributed by atoms with Crippen LogP contribution in [0.1, 0.15) is 32.1 Å². The molecule has 1 fully saturated rings. The van der Waals surface area contributed by atoms with Gasteiger partial charge in [0.25, 0.3) is 0 Å². The van der Waals surface area contributed by atoms with Gasteiger partial charge in [0, 0.05) is 30.5 Å². The van der Waals surface area contributed by atoms with Crippen molar-refractivity contribution in [1.29, 1.82) is 0 Å². The molecule has 0 aromatic heterocycles. The van der Waals surface area contributed by atoms with Crippen LogP contribution in [-0.2, 0) is 4.79 Å². The molecule has 0 bridgehead atoms. The molecule has 2 N–H and O–H groups in total. The minimum Gasteiger partial charge on any atom is -0.355 e. The molecule has 1 heterocycles. The zero-order chi connectivity index (χ0) is 11.6. The van der Waals surface area contributed by atoms with Gasteiger partial charge in [-0.05, 0) is 26.3 Å². The van der Waals surface area contributed by atoms with Crippen molar-refractivity contribution in [3.05, 3.63) is 0 Å². The number of amides is 1. The molecule has 1 saturated heterocycles. The van der Waals surface area contributed by atoms with Crippen LogP contribution >= 0.6 is 21.6 Å². The molecule has 0 spiro atoms. The molecule has 1 rings (SSSR count). The number of likely N-dealkylation sites (N-methyl/N-ethyl adjacent to an activating group) is 1. The third-order valence-corrected chi connectivity index (χ3v) is 5.61. The number of carbonyl (C=O) groups excluding carboxylic acids is 1. The summed E-state index contributed by atoms with van der Waals surface area (Å²) in [4.78, 5) is 11.4. The Balaban J connectivity index is 1.87. The van der Waals surface area contributed by atoms with E-state index in [1.165, 1.54) is 25.0 Å². The summed E-state index contributed by atoms with van der Waals surface area (Å²) >= 11 is 0. The summed E-state index contributed by atoms with van der Waals surface area (Å²) < 4.78 is 0. The number of unbranched alkanes of at least 4 members (excludes halogenated alkanes) is 1. The minimum atomic E-state index is 0.198. The van der Waals surface area contributed by atoms with Crippen LogP contribution in [0.3, 0.4) is 0 Å². The van der Waals surface area contributed by atoms with E-state index in [0.717, 1.165) is 24.8 Å². The molecular formula is C11H22N2OS2. The largest absolute Gasteiger partial charge is 0.355 e. The number of rotatable bonds is 8. The van der Waals surface area contributed by atoms with Crippen LogP contribution in [0.4, 0.5) is 0 Å². The average Bonchev–Trinajstić information content (AvgIpc) is 2.78. The van der Waals surface area contributed by atoms with Gasteiger partial charge >= 0.3 is 0 Å². The first kappa shape index (κ1) is 14.2. The second-order valence-corrected chi connectivity index (χ2v) is 6.82. The predicted octanol–water partition coefficient (Wildman–Crippen LogP) is 2.04. The predicted molar refractivity (Wildman–Crippen MR) is 73.9 cm³/mol.